The molecule has 0 atom stereocenters. The zero-order valence-electron chi connectivity index (χ0n) is 16.8. The molecule has 1 saturated heterocycles. The van der Waals surface area contributed by atoms with Gasteiger partial charge in [-0.05, 0) is 37.3 Å². The summed E-state index contributed by atoms with van der Waals surface area (Å²) in [6.07, 6.45) is -3.46. The third-order valence-corrected chi connectivity index (χ3v) is 5.59. The van der Waals surface area contributed by atoms with Crippen molar-refractivity contribution in [1.29, 1.82) is 5.26 Å². The largest absolute Gasteiger partial charge is 0.416 e. The molecule has 1 spiro atoms. The van der Waals surface area contributed by atoms with Gasteiger partial charge in [-0.15, -0.1) is 0 Å². The van der Waals surface area contributed by atoms with Crippen molar-refractivity contribution in [3.05, 3.63) is 70.8 Å². The fraction of sp³-hybridized carbons (Fsp3) is 0.304. The minimum absolute atomic E-state index is 0.160. The van der Waals surface area contributed by atoms with Gasteiger partial charge in [0, 0.05) is 37.1 Å². The summed E-state index contributed by atoms with van der Waals surface area (Å²) in [6.45, 7) is 2.59. The lowest BCUT2D eigenvalue weighted by molar-refractivity contribution is -0.137. The van der Waals surface area contributed by atoms with Gasteiger partial charge in [-0.3, -0.25) is 14.8 Å². The molecule has 1 amide bonds. The van der Waals surface area contributed by atoms with Crippen molar-refractivity contribution < 1.29 is 18.0 Å². The highest BCUT2D eigenvalue weighted by atomic mass is 19.4. The summed E-state index contributed by atoms with van der Waals surface area (Å²) < 4.78 is 39.2. The van der Waals surface area contributed by atoms with E-state index in [1.165, 1.54) is 6.07 Å². The van der Waals surface area contributed by atoms with Crippen LogP contribution in [0, 0.1) is 11.3 Å². The van der Waals surface area contributed by atoms with E-state index in [1.807, 2.05) is 6.07 Å². The molecule has 5 nitrogen and oxygen atoms in total. The lowest BCUT2D eigenvalue weighted by Gasteiger charge is -2.35. The lowest BCUT2D eigenvalue weighted by Crippen LogP contribution is -2.44. The van der Waals surface area contributed by atoms with Gasteiger partial charge in [0.25, 0.3) is 5.91 Å². The smallest absolute Gasteiger partial charge is 0.338 e. The Morgan fingerprint density at radius 3 is 2.48 bits per heavy atom. The molecule has 0 aliphatic carbocycles. The number of piperidine rings is 1. The Bertz CT molecular complexity index is 1140. The molecule has 2 aliphatic rings. The molecule has 158 valence electrons. The summed E-state index contributed by atoms with van der Waals surface area (Å²) in [5.74, 6) is -0.160. The Hall–Kier alpha value is -3.47. The van der Waals surface area contributed by atoms with E-state index in [-0.39, 0.29) is 5.91 Å². The zero-order valence-corrected chi connectivity index (χ0v) is 16.8. The molecule has 0 aromatic heterocycles. The van der Waals surface area contributed by atoms with Crippen molar-refractivity contribution in [2.75, 3.05) is 13.1 Å². The normalized spacial score (nSPS) is 17.8. The molecule has 8 heteroatoms. The number of alkyl halides is 3. The number of halogens is 3. The first-order valence-electron chi connectivity index (χ1n) is 9.85. The topological polar surface area (TPSA) is 68.8 Å². The first-order valence-corrected chi connectivity index (χ1v) is 9.85. The molecule has 31 heavy (non-hydrogen) atoms. The third kappa shape index (κ3) is 4.08. The number of nitriles is 1. The molecule has 0 bridgehead atoms. The van der Waals surface area contributed by atoms with Crippen LogP contribution in [0.5, 0.6) is 0 Å². The van der Waals surface area contributed by atoms with Gasteiger partial charge in [0.15, 0.2) is 5.66 Å². The number of hydrogen-bond acceptors (Lipinski definition) is 4. The fourth-order valence-corrected chi connectivity index (χ4v) is 3.99. The number of aliphatic imine (C=N–C) groups is 2. The van der Waals surface area contributed by atoms with Crippen LogP contribution in [0.15, 0.2) is 58.5 Å². The van der Waals surface area contributed by atoms with Crippen LogP contribution in [0.1, 0.15) is 46.8 Å². The van der Waals surface area contributed by atoms with E-state index in [9.17, 15) is 18.0 Å². The summed E-state index contributed by atoms with van der Waals surface area (Å²) in [5, 5.41) is 9.03. The molecule has 4 rings (SSSR count). The summed E-state index contributed by atoms with van der Waals surface area (Å²) >= 11 is 0. The number of benzene rings is 2. The van der Waals surface area contributed by atoms with E-state index >= 15 is 0 Å². The maximum absolute atomic E-state index is 13.1. The SMILES string of the molecule is CC1=NC2(CCN(C(=O)c3cccc(C#N)c3)CC2)N=C1c1cccc(C(F)(F)F)c1. The van der Waals surface area contributed by atoms with E-state index in [4.69, 9.17) is 10.3 Å². The molecule has 2 heterocycles. The first-order chi connectivity index (χ1) is 14.7. The second-order valence-corrected chi connectivity index (χ2v) is 7.70. The van der Waals surface area contributed by atoms with Gasteiger partial charge in [-0.25, -0.2) is 0 Å². The summed E-state index contributed by atoms with van der Waals surface area (Å²) in [6, 6.07) is 13.7. The summed E-state index contributed by atoms with van der Waals surface area (Å²) in [4.78, 5) is 23.9. The highest BCUT2D eigenvalue weighted by Crippen LogP contribution is 2.35. The van der Waals surface area contributed by atoms with Crippen molar-refractivity contribution in [2.24, 2.45) is 9.98 Å². The molecule has 2 aromatic rings. The summed E-state index contributed by atoms with van der Waals surface area (Å²) in [5.41, 5.74) is 0.855. The average molecular weight is 424 g/mol. The van der Waals surface area contributed by atoms with E-state index < -0.39 is 17.4 Å². The minimum atomic E-state index is -4.42. The van der Waals surface area contributed by atoms with Crippen LogP contribution in [-0.2, 0) is 6.18 Å². The highest BCUT2D eigenvalue weighted by molar-refractivity contribution is 6.48. The minimum Gasteiger partial charge on any atom is -0.338 e. The van der Waals surface area contributed by atoms with Crippen molar-refractivity contribution in [1.82, 2.24) is 4.90 Å². The number of carbonyl (C=O) groups excluding carboxylic acids is 1. The van der Waals surface area contributed by atoms with Crippen molar-refractivity contribution in [2.45, 2.75) is 31.6 Å². The van der Waals surface area contributed by atoms with Crippen LogP contribution in [0.25, 0.3) is 0 Å². The standard InChI is InChI=1S/C23H19F3N4O/c1-15-20(17-5-3-7-19(13-17)23(24,25)26)29-22(28-15)8-10-30(11-9-22)21(31)18-6-2-4-16(12-18)14-27/h2-7,12-13H,8-11H2,1H3. The van der Waals surface area contributed by atoms with Gasteiger partial charge in [-0.2, -0.15) is 18.4 Å². The van der Waals surface area contributed by atoms with Crippen LogP contribution in [0.2, 0.25) is 0 Å². The van der Waals surface area contributed by atoms with Gasteiger partial charge in [-0.1, -0.05) is 18.2 Å². The van der Waals surface area contributed by atoms with Crippen molar-refractivity contribution >= 4 is 17.3 Å². The lowest BCUT2D eigenvalue weighted by atomic mass is 9.97. The van der Waals surface area contributed by atoms with Gasteiger partial charge >= 0.3 is 6.18 Å². The van der Waals surface area contributed by atoms with Gasteiger partial charge in [0.1, 0.15) is 0 Å². The van der Waals surface area contributed by atoms with Crippen LogP contribution in [0.4, 0.5) is 13.2 Å². The molecular formula is C23H19F3N4O. The Morgan fingerprint density at radius 2 is 1.81 bits per heavy atom. The van der Waals surface area contributed by atoms with E-state index in [2.05, 4.69) is 4.99 Å². The van der Waals surface area contributed by atoms with E-state index in [0.29, 0.717) is 54.0 Å². The molecule has 0 N–H and O–H groups in total. The predicted octanol–water partition coefficient (Wildman–Crippen LogP) is 4.47. The van der Waals surface area contributed by atoms with E-state index in [0.717, 1.165) is 12.1 Å². The van der Waals surface area contributed by atoms with Crippen molar-refractivity contribution in [3.63, 3.8) is 0 Å². The van der Waals surface area contributed by atoms with Crippen molar-refractivity contribution in [3.8, 4) is 6.07 Å². The maximum atomic E-state index is 13.1. The van der Waals surface area contributed by atoms with Gasteiger partial charge in [0.05, 0.1) is 28.6 Å². The molecule has 0 saturated carbocycles. The Kier molecular flexibility index (Phi) is 5.13. The number of hydrogen-bond donors (Lipinski definition) is 0. The number of likely N-dealkylation sites (tertiary alicyclic amines) is 1. The number of rotatable bonds is 2. The second kappa shape index (κ2) is 7.65. The monoisotopic (exact) mass is 424 g/mol. The second-order valence-electron chi connectivity index (χ2n) is 7.70. The molecule has 2 aromatic carbocycles. The third-order valence-electron chi connectivity index (χ3n) is 5.59. The highest BCUT2D eigenvalue weighted by Gasteiger charge is 2.40. The van der Waals surface area contributed by atoms with Crippen LogP contribution < -0.4 is 0 Å². The molecule has 1 fully saturated rings. The molecule has 2 aliphatic heterocycles. The number of carbonyl (C=O) groups is 1. The Labute approximate surface area is 177 Å². The maximum Gasteiger partial charge on any atom is 0.416 e. The summed E-state index contributed by atoms with van der Waals surface area (Å²) in [7, 11) is 0. The molecular weight excluding hydrogens is 405 g/mol. The Morgan fingerprint density at radius 1 is 1.10 bits per heavy atom. The quantitative estimate of drug-likeness (QED) is 0.714. The predicted molar refractivity (Wildman–Crippen MR) is 110 cm³/mol. The van der Waals surface area contributed by atoms with E-state index in [1.54, 1.807) is 42.2 Å². The van der Waals surface area contributed by atoms with Gasteiger partial charge < -0.3 is 4.90 Å². The fourth-order valence-electron chi connectivity index (χ4n) is 3.99. The number of nitrogens with zero attached hydrogens (tertiary/aromatic N) is 4. The Balaban J connectivity index is 1.52. The van der Waals surface area contributed by atoms with Gasteiger partial charge in [0.2, 0.25) is 0 Å². The van der Waals surface area contributed by atoms with Crippen LogP contribution in [0.3, 0.4) is 0 Å². The average Bonchev–Trinajstić information content (AvgIpc) is 3.09. The molecule has 0 radical (unpaired) electrons. The molecule has 0 unspecified atom stereocenters. The first kappa shape index (κ1) is 20.8. The van der Waals surface area contributed by atoms with Crippen LogP contribution >= 0.6 is 0 Å². The van der Waals surface area contributed by atoms with Crippen LogP contribution in [-0.4, -0.2) is 41.0 Å². The zero-order chi connectivity index (χ0) is 22.2. The number of amides is 1.